The summed E-state index contributed by atoms with van der Waals surface area (Å²) in [7, 11) is 6.29. The lowest BCUT2D eigenvalue weighted by Crippen LogP contribution is -2.32. The van der Waals surface area contributed by atoms with Gasteiger partial charge in [0.25, 0.3) is 0 Å². The summed E-state index contributed by atoms with van der Waals surface area (Å²) >= 11 is 2.35. The molecule has 1 unspecified atom stereocenters. The van der Waals surface area contributed by atoms with Crippen molar-refractivity contribution < 1.29 is 0 Å². The second kappa shape index (κ2) is 7.19. The van der Waals surface area contributed by atoms with Crippen LogP contribution in [0.25, 0.3) is 0 Å². The van der Waals surface area contributed by atoms with Gasteiger partial charge in [0.15, 0.2) is 0 Å². The van der Waals surface area contributed by atoms with Crippen molar-refractivity contribution >= 4 is 28.4 Å². The molecular weight excluding hydrogens is 377 g/mol. The van der Waals surface area contributed by atoms with E-state index in [1.807, 2.05) is 7.05 Å². The summed E-state index contributed by atoms with van der Waals surface area (Å²) in [5.41, 5.74) is 1.14. The Hall–Kier alpha value is -0.470. The van der Waals surface area contributed by atoms with E-state index in [0.29, 0.717) is 5.92 Å². The summed E-state index contributed by atoms with van der Waals surface area (Å²) in [5, 5.41) is 3.22. The number of hydrogen-bond acceptors (Lipinski definition) is 5. The van der Waals surface area contributed by atoms with Crippen LogP contribution in [-0.4, -0.2) is 60.5 Å². The Morgan fingerprint density at radius 2 is 1.95 bits per heavy atom. The molecule has 0 radical (unpaired) electrons. The summed E-state index contributed by atoms with van der Waals surface area (Å²) in [5.74, 6) is 2.30. The van der Waals surface area contributed by atoms with Crippen molar-refractivity contribution in [3.8, 4) is 0 Å². The smallest absolute Gasteiger partial charge is 0.149 e. The maximum atomic E-state index is 4.90. The maximum Gasteiger partial charge on any atom is 0.149 e. The molecule has 1 aliphatic rings. The van der Waals surface area contributed by atoms with Crippen molar-refractivity contribution in [2.24, 2.45) is 0 Å². The van der Waals surface area contributed by atoms with Gasteiger partial charge in [-0.15, -0.1) is 0 Å². The second-order valence-corrected chi connectivity index (χ2v) is 7.23. The highest BCUT2D eigenvalue weighted by Gasteiger charge is 2.26. The predicted octanol–water partition coefficient (Wildman–Crippen LogP) is 2.55. The van der Waals surface area contributed by atoms with Gasteiger partial charge >= 0.3 is 0 Å². The van der Waals surface area contributed by atoms with Gasteiger partial charge in [-0.05, 0) is 62.1 Å². The van der Waals surface area contributed by atoms with E-state index >= 15 is 0 Å². The first-order chi connectivity index (χ1) is 9.93. The third-order valence-electron chi connectivity index (χ3n) is 4.04. The van der Waals surface area contributed by atoms with E-state index in [0.717, 1.165) is 40.5 Å². The molecule has 0 saturated carbocycles. The molecule has 1 saturated heterocycles. The zero-order chi connectivity index (χ0) is 15.6. The van der Waals surface area contributed by atoms with Crippen molar-refractivity contribution in [2.45, 2.75) is 32.2 Å². The lowest BCUT2D eigenvalue weighted by Gasteiger charge is -2.27. The van der Waals surface area contributed by atoms with E-state index in [-0.39, 0.29) is 6.04 Å². The molecule has 6 heteroatoms. The van der Waals surface area contributed by atoms with E-state index in [1.165, 1.54) is 6.42 Å². The Morgan fingerprint density at radius 3 is 2.57 bits per heavy atom. The van der Waals surface area contributed by atoms with Crippen LogP contribution >= 0.6 is 22.6 Å². The van der Waals surface area contributed by atoms with Crippen molar-refractivity contribution in [1.29, 1.82) is 0 Å². The number of halogens is 1. The molecule has 21 heavy (non-hydrogen) atoms. The second-order valence-electron chi connectivity index (χ2n) is 6.15. The SMILES string of the molecule is CNc1nc(C2CN(C)CCCN2C)nc(C(C)C)c1I. The Kier molecular flexibility index (Phi) is 5.79. The van der Waals surface area contributed by atoms with E-state index < -0.39 is 0 Å². The quantitative estimate of drug-likeness (QED) is 0.787. The van der Waals surface area contributed by atoms with Crippen molar-refractivity contribution in [2.75, 3.05) is 46.1 Å². The minimum absolute atomic E-state index is 0.263. The van der Waals surface area contributed by atoms with Gasteiger partial charge in [-0.1, -0.05) is 13.8 Å². The van der Waals surface area contributed by atoms with Gasteiger partial charge in [0.1, 0.15) is 11.6 Å². The fraction of sp³-hybridized carbons (Fsp3) is 0.733. The monoisotopic (exact) mass is 403 g/mol. The van der Waals surface area contributed by atoms with Gasteiger partial charge in [0, 0.05) is 13.6 Å². The minimum atomic E-state index is 0.263. The summed E-state index contributed by atoms with van der Waals surface area (Å²) in [6, 6.07) is 0.263. The Labute approximate surface area is 141 Å². The molecule has 0 bridgehead atoms. The zero-order valence-corrected chi connectivity index (χ0v) is 15.8. The fourth-order valence-electron chi connectivity index (χ4n) is 2.73. The topological polar surface area (TPSA) is 44.3 Å². The third kappa shape index (κ3) is 3.84. The molecule has 1 aliphatic heterocycles. The van der Waals surface area contributed by atoms with Crippen LogP contribution in [0.4, 0.5) is 5.82 Å². The van der Waals surface area contributed by atoms with Crippen LogP contribution < -0.4 is 5.32 Å². The molecule has 1 atom stereocenters. The Bertz CT molecular complexity index is 491. The first-order valence-corrected chi connectivity index (χ1v) is 8.65. The number of anilines is 1. The molecule has 1 N–H and O–H groups in total. The van der Waals surface area contributed by atoms with Gasteiger partial charge in [0.05, 0.1) is 15.3 Å². The largest absolute Gasteiger partial charge is 0.372 e. The lowest BCUT2D eigenvalue weighted by atomic mass is 10.1. The van der Waals surface area contributed by atoms with Crippen LogP contribution in [0.3, 0.4) is 0 Å². The number of hydrogen-bond donors (Lipinski definition) is 1. The highest BCUT2D eigenvalue weighted by Crippen LogP contribution is 2.28. The van der Waals surface area contributed by atoms with Crippen LogP contribution in [0.2, 0.25) is 0 Å². The number of nitrogens with zero attached hydrogens (tertiary/aromatic N) is 4. The average molecular weight is 403 g/mol. The van der Waals surface area contributed by atoms with Crippen LogP contribution in [0.1, 0.15) is 43.7 Å². The fourth-order valence-corrected chi connectivity index (χ4v) is 3.86. The average Bonchev–Trinajstić information content (AvgIpc) is 2.60. The Balaban J connectivity index is 2.44. The van der Waals surface area contributed by atoms with E-state index in [9.17, 15) is 0 Å². The van der Waals surface area contributed by atoms with Gasteiger partial charge in [-0.2, -0.15) is 0 Å². The summed E-state index contributed by atoms with van der Waals surface area (Å²) in [6.45, 7) is 7.60. The highest BCUT2D eigenvalue weighted by atomic mass is 127. The van der Waals surface area contributed by atoms with Crippen LogP contribution in [-0.2, 0) is 0 Å². The summed E-state index contributed by atoms with van der Waals surface area (Å²) < 4.78 is 1.14. The number of rotatable bonds is 3. The van der Waals surface area contributed by atoms with Crippen LogP contribution in [0, 0.1) is 3.57 Å². The van der Waals surface area contributed by atoms with E-state index in [1.54, 1.807) is 0 Å². The van der Waals surface area contributed by atoms with Crippen molar-refractivity contribution in [1.82, 2.24) is 19.8 Å². The molecule has 1 fully saturated rings. The number of likely N-dealkylation sites (N-methyl/N-ethyl adjacent to an activating group) is 2. The molecule has 0 spiro atoms. The third-order valence-corrected chi connectivity index (χ3v) is 5.11. The number of nitrogens with one attached hydrogen (secondary N) is 1. The van der Waals surface area contributed by atoms with Crippen LogP contribution in [0.5, 0.6) is 0 Å². The molecule has 1 aromatic rings. The first-order valence-electron chi connectivity index (χ1n) is 7.58. The van der Waals surface area contributed by atoms with E-state index in [2.05, 4.69) is 65.7 Å². The predicted molar refractivity (Wildman–Crippen MR) is 95.9 cm³/mol. The molecule has 0 aromatic carbocycles. The zero-order valence-electron chi connectivity index (χ0n) is 13.6. The molecule has 2 heterocycles. The molecule has 0 aliphatic carbocycles. The molecular formula is C15H26IN5. The van der Waals surface area contributed by atoms with Crippen molar-refractivity contribution in [3.05, 3.63) is 15.1 Å². The standard InChI is InChI=1S/C15H26IN5/c1-10(2)13-12(16)15(17-3)19-14(18-13)11-9-20(4)7-6-8-21(11)5/h10-11H,6-9H2,1-5H3,(H,17,18,19). The van der Waals surface area contributed by atoms with Gasteiger partial charge in [-0.3, -0.25) is 4.90 Å². The van der Waals surface area contributed by atoms with Gasteiger partial charge in [-0.25, -0.2) is 9.97 Å². The van der Waals surface area contributed by atoms with Crippen LogP contribution in [0.15, 0.2) is 0 Å². The summed E-state index contributed by atoms with van der Waals surface area (Å²) in [4.78, 5) is 14.5. The maximum absolute atomic E-state index is 4.90. The molecule has 118 valence electrons. The van der Waals surface area contributed by atoms with Crippen molar-refractivity contribution in [3.63, 3.8) is 0 Å². The molecule has 1 aromatic heterocycles. The normalized spacial score (nSPS) is 21.6. The number of aromatic nitrogens is 2. The van der Waals surface area contributed by atoms with Gasteiger partial charge < -0.3 is 10.2 Å². The first kappa shape index (κ1) is 16.9. The highest BCUT2D eigenvalue weighted by molar-refractivity contribution is 14.1. The van der Waals surface area contributed by atoms with E-state index in [4.69, 9.17) is 9.97 Å². The molecule has 2 rings (SSSR count). The minimum Gasteiger partial charge on any atom is -0.372 e. The lowest BCUT2D eigenvalue weighted by molar-refractivity contribution is 0.219. The molecule has 0 amide bonds. The summed E-state index contributed by atoms with van der Waals surface area (Å²) in [6.07, 6.45) is 1.20. The molecule has 5 nitrogen and oxygen atoms in total. The van der Waals surface area contributed by atoms with Gasteiger partial charge in [0.2, 0.25) is 0 Å². The Morgan fingerprint density at radius 1 is 1.24 bits per heavy atom.